The molecule has 2 N–H and O–H groups in total. The summed E-state index contributed by atoms with van der Waals surface area (Å²) < 4.78 is 5.64. The summed E-state index contributed by atoms with van der Waals surface area (Å²) in [4.78, 5) is 41.7. The normalized spacial score (nSPS) is 20.1. The Morgan fingerprint density at radius 2 is 1.95 bits per heavy atom. The lowest BCUT2D eigenvalue weighted by Crippen LogP contribution is -2.56. The third kappa shape index (κ3) is 6.16. The van der Waals surface area contributed by atoms with E-state index in [1.54, 1.807) is 37.4 Å². The number of rotatable bonds is 11. The average molecular weight is 552 g/mol. The lowest BCUT2D eigenvalue weighted by atomic mass is 10.00. The Labute approximate surface area is 238 Å². The number of likely N-dealkylation sites (tertiary alicyclic amines) is 1. The molecule has 2 amide bonds. The van der Waals surface area contributed by atoms with Gasteiger partial charge in [0.15, 0.2) is 5.82 Å². The van der Waals surface area contributed by atoms with E-state index in [9.17, 15) is 9.59 Å². The number of nitrogens with one attached hydrogen (secondary N) is 2. The molecule has 0 bridgehead atoms. The van der Waals surface area contributed by atoms with E-state index in [1.165, 1.54) is 6.42 Å². The van der Waals surface area contributed by atoms with Gasteiger partial charge in [-0.2, -0.15) is 4.98 Å². The Bertz CT molecular complexity index is 1200. The van der Waals surface area contributed by atoms with Gasteiger partial charge >= 0.3 is 0 Å². The fourth-order valence-electron chi connectivity index (χ4n) is 6.08. The van der Waals surface area contributed by atoms with Crippen LogP contribution in [0.2, 0.25) is 0 Å². The first-order valence-corrected chi connectivity index (χ1v) is 14.6. The van der Waals surface area contributed by atoms with Gasteiger partial charge in [0, 0.05) is 31.2 Å². The number of likely N-dealkylation sites (N-methyl/N-ethyl adjacent to an activating group) is 1. The van der Waals surface area contributed by atoms with Crippen LogP contribution in [0, 0.1) is 5.92 Å². The van der Waals surface area contributed by atoms with Gasteiger partial charge in [-0.25, -0.2) is 4.98 Å². The van der Waals surface area contributed by atoms with Crippen molar-refractivity contribution >= 4 is 35.0 Å². The second kappa shape index (κ2) is 12.8. The molecule has 1 aromatic heterocycles. The van der Waals surface area contributed by atoms with Crippen LogP contribution in [-0.2, 0) is 4.79 Å². The van der Waals surface area contributed by atoms with Crippen LogP contribution in [-0.4, -0.2) is 79.1 Å². The molecule has 0 spiro atoms. The van der Waals surface area contributed by atoms with Crippen LogP contribution < -0.4 is 25.2 Å². The van der Waals surface area contributed by atoms with Crippen molar-refractivity contribution in [3.05, 3.63) is 30.0 Å². The number of ether oxygens (including phenoxy) is 1. The van der Waals surface area contributed by atoms with Gasteiger partial charge in [0.2, 0.25) is 11.9 Å². The maximum atomic E-state index is 13.1. The second-order valence-electron chi connectivity index (χ2n) is 11.2. The molecule has 2 aliphatic rings. The highest BCUT2D eigenvalue weighted by molar-refractivity contribution is 6.04. The number of methoxy groups -OCH3 is 1. The maximum absolute atomic E-state index is 13.1. The molecule has 3 unspecified atom stereocenters. The lowest BCUT2D eigenvalue weighted by Gasteiger charge is -2.44. The van der Waals surface area contributed by atoms with E-state index in [2.05, 4.69) is 53.2 Å². The lowest BCUT2D eigenvalue weighted by molar-refractivity contribution is -0.120. The number of anilines is 4. The third-order valence-corrected chi connectivity index (χ3v) is 8.29. The molecular weight excluding hydrogens is 506 g/mol. The second-order valence-corrected chi connectivity index (χ2v) is 11.2. The summed E-state index contributed by atoms with van der Waals surface area (Å²) in [5.41, 5.74) is 1.89. The van der Waals surface area contributed by atoms with E-state index >= 15 is 0 Å². The minimum absolute atomic E-state index is 0.0617. The topological polar surface area (TPSA) is 103 Å². The highest BCUT2D eigenvalue weighted by Gasteiger charge is 2.39. The molecule has 2 aliphatic heterocycles. The van der Waals surface area contributed by atoms with Crippen molar-refractivity contribution in [1.29, 1.82) is 0 Å². The van der Waals surface area contributed by atoms with Gasteiger partial charge in [-0.05, 0) is 76.7 Å². The molecule has 0 saturated carbocycles. The Balaban J connectivity index is 1.53. The fraction of sp³-hybridized carbons (Fsp3) is 0.600. The highest BCUT2D eigenvalue weighted by atomic mass is 16.5. The van der Waals surface area contributed by atoms with E-state index in [-0.39, 0.29) is 29.9 Å². The monoisotopic (exact) mass is 551 g/mol. The summed E-state index contributed by atoms with van der Waals surface area (Å²) in [5, 5.41) is 6.41. The number of carbonyl (C=O) groups is 2. The molecule has 3 heterocycles. The largest absolute Gasteiger partial charge is 0.495 e. The highest BCUT2D eigenvalue weighted by Crippen LogP contribution is 2.38. The van der Waals surface area contributed by atoms with Crippen LogP contribution in [0.3, 0.4) is 0 Å². The van der Waals surface area contributed by atoms with Crippen molar-refractivity contribution in [3.63, 3.8) is 0 Å². The van der Waals surface area contributed by atoms with Crippen molar-refractivity contribution < 1.29 is 14.3 Å². The van der Waals surface area contributed by atoms with E-state index in [1.807, 2.05) is 13.0 Å². The zero-order valence-electron chi connectivity index (χ0n) is 25.0. The minimum Gasteiger partial charge on any atom is -0.495 e. The van der Waals surface area contributed by atoms with Crippen molar-refractivity contribution in [2.24, 2.45) is 5.92 Å². The predicted molar refractivity (Wildman–Crippen MR) is 160 cm³/mol. The van der Waals surface area contributed by atoms with Crippen molar-refractivity contribution in [1.82, 2.24) is 20.2 Å². The third-order valence-electron chi connectivity index (χ3n) is 8.29. The number of benzene rings is 1. The standard InChI is InChI=1S/C30H45N7O3/c1-8-22(9-2)37-24(10-3)29(39)36(6)25-17-31-30(34-27(25)37)33-23-12-11-21(16-26(23)40-7)28(38)32-19(4)15-20-13-14-35(5)18-20/h11-12,16-17,19-20,22,24H,8-10,13-15,18H2,1-7H3,(H,32,38)(H,31,33,34). The number of amides is 2. The van der Waals surface area contributed by atoms with Gasteiger partial charge in [-0.3, -0.25) is 9.59 Å². The molecule has 3 atom stereocenters. The quantitative estimate of drug-likeness (QED) is 0.423. The Hall–Kier alpha value is -3.40. The molecule has 40 heavy (non-hydrogen) atoms. The van der Waals surface area contributed by atoms with Gasteiger partial charge in [-0.1, -0.05) is 20.8 Å². The van der Waals surface area contributed by atoms with Crippen LogP contribution in [0.1, 0.15) is 70.2 Å². The average Bonchev–Trinajstić information content (AvgIpc) is 3.36. The summed E-state index contributed by atoms with van der Waals surface area (Å²) in [6.07, 6.45) is 6.35. The van der Waals surface area contributed by atoms with Crippen LogP contribution >= 0.6 is 0 Å². The Morgan fingerprint density at radius 1 is 1.20 bits per heavy atom. The van der Waals surface area contributed by atoms with E-state index in [0.717, 1.165) is 38.2 Å². The maximum Gasteiger partial charge on any atom is 0.251 e. The number of hydrogen-bond acceptors (Lipinski definition) is 8. The molecule has 0 radical (unpaired) electrons. The summed E-state index contributed by atoms with van der Waals surface area (Å²) in [6, 6.07) is 5.35. The molecule has 1 aromatic carbocycles. The van der Waals surface area contributed by atoms with E-state index in [0.29, 0.717) is 41.0 Å². The molecule has 0 aliphatic carbocycles. The smallest absolute Gasteiger partial charge is 0.251 e. The molecule has 2 aromatic rings. The molecule has 1 saturated heterocycles. The molecule has 218 valence electrons. The van der Waals surface area contributed by atoms with Crippen molar-refractivity contribution in [3.8, 4) is 5.75 Å². The van der Waals surface area contributed by atoms with Gasteiger partial charge in [0.1, 0.15) is 17.5 Å². The summed E-state index contributed by atoms with van der Waals surface area (Å²) in [7, 11) is 5.51. The number of aromatic nitrogens is 2. The predicted octanol–water partition coefficient (Wildman–Crippen LogP) is 4.44. The zero-order chi connectivity index (χ0) is 29.0. The Morgan fingerprint density at radius 3 is 2.58 bits per heavy atom. The number of fused-ring (bicyclic) bond motifs is 1. The molecular formula is C30H45N7O3. The fourth-order valence-corrected chi connectivity index (χ4v) is 6.08. The van der Waals surface area contributed by atoms with E-state index in [4.69, 9.17) is 9.72 Å². The molecule has 10 nitrogen and oxygen atoms in total. The van der Waals surface area contributed by atoms with Crippen LogP contribution in [0.25, 0.3) is 0 Å². The van der Waals surface area contributed by atoms with Gasteiger partial charge in [-0.15, -0.1) is 0 Å². The first-order chi connectivity index (χ1) is 19.2. The SMILES string of the molecule is CCC(CC)N1c2nc(Nc3ccc(C(=O)NC(C)CC4CCN(C)C4)cc3OC)ncc2N(C)C(=O)C1CC. The van der Waals surface area contributed by atoms with Crippen LogP contribution in [0.5, 0.6) is 5.75 Å². The minimum atomic E-state index is -0.269. The van der Waals surface area contributed by atoms with Gasteiger partial charge in [0.25, 0.3) is 5.91 Å². The summed E-state index contributed by atoms with van der Waals surface area (Å²) in [5.74, 6) is 2.23. The number of carbonyl (C=O) groups excluding carboxylic acids is 2. The first-order valence-electron chi connectivity index (χ1n) is 14.6. The van der Waals surface area contributed by atoms with E-state index < -0.39 is 0 Å². The molecule has 10 heteroatoms. The molecule has 1 fully saturated rings. The summed E-state index contributed by atoms with van der Waals surface area (Å²) >= 11 is 0. The molecule has 4 rings (SSSR count). The van der Waals surface area contributed by atoms with Crippen LogP contribution in [0.4, 0.5) is 23.1 Å². The zero-order valence-corrected chi connectivity index (χ0v) is 25.0. The van der Waals surface area contributed by atoms with Crippen LogP contribution in [0.15, 0.2) is 24.4 Å². The first kappa shape index (κ1) is 29.6. The van der Waals surface area contributed by atoms with Gasteiger partial charge < -0.3 is 30.1 Å². The number of nitrogens with zero attached hydrogens (tertiary/aromatic N) is 5. The Kier molecular flexibility index (Phi) is 9.50. The number of hydrogen-bond donors (Lipinski definition) is 2. The van der Waals surface area contributed by atoms with Crippen molar-refractivity contribution in [2.75, 3.05) is 49.4 Å². The summed E-state index contributed by atoms with van der Waals surface area (Å²) in [6.45, 7) is 10.6. The van der Waals surface area contributed by atoms with Gasteiger partial charge in [0.05, 0.1) is 19.0 Å². The van der Waals surface area contributed by atoms with Crippen molar-refractivity contribution in [2.45, 2.75) is 77.9 Å².